The molecule has 0 saturated carbocycles. The van der Waals surface area contributed by atoms with Gasteiger partial charge in [0.15, 0.2) is 0 Å². The molecule has 1 fully saturated rings. The lowest BCUT2D eigenvalue weighted by Crippen LogP contribution is -2.41. The summed E-state index contributed by atoms with van der Waals surface area (Å²) >= 11 is 1.47. The average Bonchev–Trinajstić information content (AvgIpc) is 3.23. The van der Waals surface area contributed by atoms with Crippen LogP contribution in [0, 0.1) is 5.82 Å². The minimum atomic E-state index is -0.250. The van der Waals surface area contributed by atoms with Crippen molar-refractivity contribution in [2.45, 2.75) is 32.0 Å². The molecule has 29 heavy (non-hydrogen) atoms. The molecule has 1 aromatic heterocycles. The summed E-state index contributed by atoms with van der Waals surface area (Å²) in [5, 5.41) is 2.68. The fourth-order valence-corrected chi connectivity index (χ4v) is 4.25. The second kappa shape index (κ2) is 9.29. The van der Waals surface area contributed by atoms with Crippen molar-refractivity contribution in [3.8, 4) is 0 Å². The van der Waals surface area contributed by atoms with Crippen molar-refractivity contribution in [1.29, 1.82) is 0 Å². The van der Waals surface area contributed by atoms with Crippen LogP contribution in [0.15, 0.2) is 60.0 Å². The number of hydrogen-bond donors (Lipinski definition) is 0. The van der Waals surface area contributed by atoms with E-state index >= 15 is 0 Å². The smallest absolute Gasteiger partial charge is 0.273 e. The third kappa shape index (κ3) is 5.28. The molecule has 1 amide bonds. The van der Waals surface area contributed by atoms with Crippen molar-refractivity contribution in [2.75, 3.05) is 13.1 Å². The van der Waals surface area contributed by atoms with E-state index < -0.39 is 0 Å². The number of rotatable bonds is 6. The Morgan fingerprint density at radius 1 is 1.07 bits per heavy atom. The Kier molecular flexibility index (Phi) is 6.32. The zero-order valence-electron chi connectivity index (χ0n) is 16.1. The topological polar surface area (TPSA) is 42.4 Å². The highest BCUT2D eigenvalue weighted by molar-refractivity contribution is 7.09. The van der Waals surface area contributed by atoms with Crippen molar-refractivity contribution in [3.63, 3.8) is 0 Å². The normalized spacial score (nSPS) is 14.9. The number of ether oxygens (including phenoxy) is 1. The van der Waals surface area contributed by atoms with Gasteiger partial charge in [0, 0.05) is 24.9 Å². The minimum absolute atomic E-state index is 0.0203. The number of likely N-dealkylation sites (tertiary alicyclic amines) is 1. The number of carbonyl (C=O) groups is 1. The number of benzene rings is 2. The van der Waals surface area contributed by atoms with E-state index in [9.17, 15) is 9.18 Å². The van der Waals surface area contributed by atoms with E-state index in [1.807, 2.05) is 28.5 Å². The lowest BCUT2D eigenvalue weighted by molar-refractivity contribution is -0.000496. The number of thiazole rings is 1. The molecular formula is C23H23FN2O2S. The van der Waals surface area contributed by atoms with Gasteiger partial charge in [-0.3, -0.25) is 4.79 Å². The maximum absolute atomic E-state index is 13.0. The fraction of sp³-hybridized carbons (Fsp3) is 0.304. The molecule has 3 aromatic rings. The van der Waals surface area contributed by atoms with E-state index in [0.717, 1.165) is 23.4 Å². The molecule has 4 nitrogen and oxygen atoms in total. The Morgan fingerprint density at radius 2 is 1.79 bits per heavy atom. The summed E-state index contributed by atoms with van der Waals surface area (Å²) in [7, 11) is 0. The highest BCUT2D eigenvalue weighted by Crippen LogP contribution is 2.20. The molecule has 150 valence electrons. The Morgan fingerprint density at radius 3 is 2.52 bits per heavy atom. The van der Waals surface area contributed by atoms with Crippen molar-refractivity contribution < 1.29 is 13.9 Å². The lowest BCUT2D eigenvalue weighted by atomic mass is 10.1. The molecule has 0 spiro atoms. The number of carbonyl (C=O) groups excluding carboxylic acids is 1. The van der Waals surface area contributed by atoms with Gasteiger partial charge in [-0.15, -0.1) is 11.3 Å². The minimum Gasteiger partial charge on any atom is -0.373 e. The van der Waals surface area contributed by atoms with Gasteiger partial charge in [-0.25, -0.2) is 9.37 Å². The predicted molar refractivity (Wildman–Crippen MR) is 111 cm³/mol. The summed E-state index contributed by atoms with van der Waals surface area (Å²) in [6.07, 6.45) is 2.47. The van der Waals surface area contributed by atoms with Crippen LogP contribution in [0.1, 0.15) is 39.5 Å². The number of halogens is 1. The highest BCUT2D eigenvalue weighted by Gasteiger charge is 2.25. The number of amides is 1. The maximum atomic E-state index is 13.0. The van der Waals surface area contributed by atoms with Gasteiger partial charge in [0.25, 0.3) is 5.91 Å². The van der Waals surface area contributed by atoms with Gasteiger partial charge in [0.1, 0.15) is 11.5 Å². The number of piperidine rings is 1. The monoisotopic (exact) mass is 410 g/mol. The number of hydrogen-bond acceptors (Lipinski definition) is 4. The average molecular weight is 411 g/mol. The molecule has 0 radical (unpaired) electrons. The van der Waals surface area contributed by atoms with Crippen molar-refractivity contribution in [3.05, 3.63) is 87.6 Å². The summed E-state index contributed by atoms with van der Waals surface area (Å²) < 4.78 is 19.0. The van der Waals surface area contributed by atoms with Crippen LogP contribution in [-0.4, -0.2) is 35.0 Å². The SMILES string of the molecule is O=C(c1csc(Cc2ccc(F)cc2)n1)N1CCC(OCc2ccccc2)CC1. The Labute approximate surface area is 174 Å². The Balaban J connectivity index is 1.27. The molecule has 0 unspecified atom stereocenters. The van der Waals surface area contributed by atoms with Gasteiger partial charge in [-0.2, -0.15) is 0 Å². The van der Waals surface area contributed by atoms with Crippen LogP contribution in [-0.2, 0) is 17.8 Å². The van der Waals surface area contributed by atoms with Crippen LogP contribution in [0.3, 0.4) is 0 Å². The van der Waals surface area contributed by atoms with Crippen LogP contribution < -0.4 is 0 Å². The van der Waals surface area contributed by atoms with Crippen LogP contribution in [0.5, 0.6) is 0 Å². The molecule has 6 heteroatoms. The van der Waals surface area contributed by atoms with Crippen molar-refractivity contribution in [1.82, 2.24) is 9.88 Å². The molecule has 4 rings (SSSR count). The zero-order chi connectivity index (χ0) is 20.1. The Hall–Kier alpha value is -2.57. The first-order valence-electron chi connectivity index (χ1n) is 9.81. The largest absolute Gasteiger partial charge is 0.373 e. The lowest BCUT2D eigenvalue weighted by Gasteiger charge is -2.31. The van der Waals surface area contributed by atoms with Crippen molar-refractivity contribution in [2.24, 2.45) is 0 Å². The predicted octanol–water partition coefficient (Wildman–Crippen LogP) is 4.69. The summed E-state index contributed by atoms with van der Waals surface area (Å²) in [6.45, 7) is 1.98. The van der Waals surface area contributed by atoms with Gasteiger partial charge in [-0.1, -0.05) is 42.5 Å². The van der Waals surface area contributed by atoms with E-state index in [4.69, 9.17) is 4.74 Å². The molecule has 1 aliphatic heterocycles. The molecule has 0 N–H and O–H groups in total. The maximum Gasteiger partial charge on any atom is 0.273 e. The van der Waals surface area contributed by atoms with Gasteiger partial charge >= 0.3 is 0 Å². The first-order valence-corrected chi connectivity index (χ1v) is 10.7. The van der Waals surface area contributed by atoms with Gasteiger partial charge in [0.05, 0.1) is 17.7 Å². The van der Waals surface area contributed by atoms with E-state index in [2.05, 4.69) is 17.1 Å². The second-order valence-corrected chi connectivity index (χ2v) is 8.16. The quantitative estimate of drug-likeness (QED) is 0.592. The molecule has 2 heterocycles. The van der Waals surface area contributed by atoms with Crippen LogP contribution >= 0.6 is 11.3 Å². The number of nitrogens with zero attached hydrogens (tertiary/aromatic N) is 2. The van der Waals surface area contributed by atoms with Crippen LogP contribution in [0.2, 0.25) is 0 Å². The van der Waals surface area contributed by atoms with Gasteiger partial charge in [0.2, 0.25) is 0 Å². The third-order valence-corrected chi connectivity index (χ3v) is 5.95. The standard InChI is InChI=1S/C23H23FN2O2S/c24-19-8-6-17(7-9-19)14-22-25-21(16-29-22)23(27)26-12-10-20(11-13-26)28-15-18-4-2-1-3-5-18/h1-9,16,20H,10-15H2. The molecule has 0 aliphatic carbocycles. The first-order chi connectivity index (χ1) is 14.2. The molecule has 1 saturated heterocycles. The van der Waals surface area contributed by atoms with E-state index in [1.165, 1.54) is 29.0 Å². The molecular weight excluding hydrogens is 387 g/mol. The van der Waals surface area contributed by atoms with Crippen LogP contribution in [0.4, 0.5) is 4.39 Å². The second-order valence-electron chi connectivity index (χ2n) is 7.22. The summed E-state index contributed by atoms with van der Waals surface area (Å²) in [5.41, 5.74) is 2.65. The van der Waals surface area contributed by atoms with Crippen molar-refractivity contribution >= 4 is 17.2 Å². The Bertz CT molecular complexity index is 935. The van der Waals surface area contributed by atoms with Gasteiger partial charge < -0.3 is 9.64 Å². The summed E-state index contributed by atoms with van der Waals surface area (Å²) in [5.74, 6) is -0.270. The molecule has 0 atom stereocenters. The first kappa shape index (κ1) is 19.7. The highest BCUT2D eigenvalue weighted by atomic mass is 32.1. The summed E-state index contributed by atoms with van der Waals surface area (Å²) in [4.78, 5) is 19.1. The van der Waals surface area contributed by atoms with Gasteiger partial charge in [-0.05, 0) is 36.1 Å². The van der Waals surface area contributed by atoms with Crippen LogP contribution in [0.25, 0.3) is 0 Å². The third-order valence-electron chi connectivity index (χ3n) is 5.10. The van der Waals surface area contributed by atoms with E-state index in [-0.39, 0.29) is 17.8 Å². The van der Waals surface area contributed by atoms with E-state index in [1.54, 1.807) is 12.1 Å². The zero-order valence-corrected chi connectivity index (χ0v) is 16.9. The molecule has 1 aliphatic rings. The molecule has 2 aromatic carbocycles. The fourth-order valence-electron chi connectivity index (χ4n) is 3.44. The summed E-state index contributed by atoms with van der Waals surface area (Å²) in [6, 6.07) is 16.5. The number of aromatic nitrogens is 1. The molecule has 0 bridgehead atoms. The van der Waals surface area contributed by atoms with E-state index in [0.29, 0.717) is 31.8 Å².